The Balaban J connectivity index is 1.60. The van der Waals surface area contributed by atoms with Gasteiger partial charge in [0, 0.05) is 6.08 Å². The van der Waals surface area contributed by atoms with Gasteiger partial charge >= 0.3 is 17.9 Å². The molecule has 1 fully saturated rings. The number of methoxy groups -OCH3 is 1. The molecule has 0 atom stereocenters. The zero-order valence-corrected chi connectivity index (χ0v) is 18.2. The number of ether oxygens (including phenoxy) is 4. The third-order valence-corrected chi connectivity index (χ3v) is 5.36. The lowest BCUT2D eigenvalue weighted by molar-refractivity contribution is -0.149. The van der Waals surface area contributed by atoms with Crippen LogP contribution in [0.1, 0.15) is 51.4 Å². The summed E-state index contributed by atoms with van der Waals surface area (Å²) in [4.78, 5) is 34.9. The minimum atomic E-state index is -0.386. The van der Waals surface area contributed by atoms with Crippen LogP contribution in [0.5, 0.6) is 11.5 Å². The number of rotatable bonds is 12. The molecule has 7 heteroatoms. The molecule has 1 aliphatic rings. The van der Waals surface area contributed by atoms with Gasteiger partial charge in [-0.1, -0.05) is 6.58 Å². The predicted octanol–water partition coefficient (Wildman–Crippen LogP) is 4.24. The van der Waals surface area contributed by atoms with Crippen molar-refractivity contribution in [3.63, 3.8) is 0 Å². The molecule has 0 amide bonds. The maximum atomic E-state index is 12.4. The van der Waals surface area contributed by atoms with Gasteiger partial charge < -0.3 is 18.9 Å². The van der Waals surface area contributed by atoms with Gasteiger partial charge in [-0.05, 0) is 75.6 Å². The second kappa shape index (κ2) is 13.5. The molecule has 1 aromatic carbocycles. The molecule has 0 radical (unpaired) electrons. The first kappa shape index (κ1) is 24.4. The molecule has 0 spiro atoms. The van der Waals surface area contributed by atoms with E-state index in [4.69, 9.17) is 18.9 Å². The van der Waals surface area contributed by atoms with Crippen molar-refractivity contribution in [1.82, 2.24) is 0 Å². The molecule has 7 nitrogen and oxygen atoms in total. The molecule has 1 aliphatic carbocycles. The normalized spacial score (nSPS) is 18.0. The number of carbonyl (C=O) groups is 3. The smallest absolute Gasteiger partial charge is 0.330 e. The molecule has 0 unspecified atom stereocenters. The lowest BCUT2D eigenvalue weighted by Gasteiger charge is -2.25. The van der Waals surface area contributed by atoms with Crippen LogP contribution in [-0.4, -0.2) is 38.2 Å². The Labute approximate surface area is 183 Å². The molecule has 170 valence electrons. The lowest BCUT2D eigenvalue weighted by atomic mass is 9.82. The zero-order chi connectivity index (χ0) is 22.5. The minimum Gasteiger partial charge on any atom is -0.494 e. The molecule has 1 saturated carbocycles. The van der Waals surface area contributed by atoms with Crippen LogP contribution < -0.4 is 9.47 Å². The molecular weight excluding hydrogens is 400 g/mol. The van der Waals surface area contributed by atoms with E-state index in [9.17, 15) is 14.4 Å². The van der Waals surface area contributed by atoms with E-state index in [1.165, 1.54) is 7.11 Å². The number of unbranched alkanes of at least 4 members (excludes halogenated alkanes) is 3. The third kappa shape index (κ3) is 8.82. The molecule has 0 bridgehead atoms. The van der Waals surface area contributed by atoms with Crippen molar-refractivity contribution in [3.05, 3.63) is 36.9 Å². The largest absolute Gasteiger partial charge is 0.494 e. The van der Waals surface area contributed by atoms with Crippen molar-refractivity contribution in [3.8, 4) is 11.5 Å². The van der Waals surface area contributed by atoms with E-state index in [1.807, 2.05) is 0 Å². The van der Waals surface area contributed by atoms with Crippen LogP contribution in [-0.2, 0) is 23.9 Å². The van der Waals surface area contributed by atoms with E-state index in [-0.39, 0.29) is 29.7 Å². The quantitative estimate of drug-likeness (QED) is 0.211. The van der Waals surface area contributed by atoms with Gasteiger partial charge in [-0.2, -0.15) is 0 Å². The second-order valence-corrected chi connectivity index (χ2v) is 7.60. The van der Waals surface area contributed by atoms with E-state index in [2.05, 4.69) is 6.58 Å². The van der Waals surface area contributed by atoms with Crippen LogP contribution >= 0.6 is 0 Å². The topological polar surface area (TPSA) is 88.1 Å². The van der Waals surface area contributed by atoms with Crippen LogP contribution in [0.2, 0.25) is 0 Å². The van der Waals surface area contributed by atoms with E-state index >= 15 is 0 Å². The van der Waals surface area contributed by atoms with Crippen LogP contribution in [0.3, 0.4) is 0 Å². The van der Waals surface area contributed by atoms with E-state index in [0.717, 1.165) is 37.5 Å². The first-order valence-electron chi connectivity index (χ1n) is 10.8. The number of hydrogen-bond donors (Lipinski definition) is 0. The molecule has 0 N–H and O–H groups in total. The Kier molecular flexibility index (Phi) is 10.6. The average molecular weight is 433 g/mol. The molecule has 0 saturated heterocycles. The van der Waals surface area contributed by atoms with Crippen molar-refractivity contribution in [2.45, 2.75) is 51.4 Å². The zero-order valence-electron chi connectivity index (χ0n) is 18.2. The van der Waals surface area contributed by atoms with E-state index in [0.29, 0.717) is 44.6 Å². The highest BCUT2D eigenvalue weighted by Crippen LogP contribution is 2.31. The van der Waals surface area contributed by atoms with Crippen LogP contribution in [0.25, 0.3) is 0 Å². The Bertz CT molecular complexity index is 718. The summed E-state index contributed by atoms with van der Waals surface area (Å²) in [7, 11) is 1.39. The van der Waals surface area contributed by atoms with Crippen molar-refractivity contribution >= 4 is 17.9 Å². The van der Waals surface area contributed by atoms with Gasteiger partial charge in [0.05, 0.1) is 32.2 Å². The number of benzene rings is 1. The summed E-state index contributed by atoms with van der Waals surface area (Å²) in [5.41, 5.74) is 0. The summed E-state index contributed by atoms with van der Waals surface area (Å²) in [6, 6.07) is 7.01. The fourth-order valence-electron chi connectivity index (χ4n) is 3.51. The maximum Gasteiger partial charge on any atom is 0.330 e. The van der Waals surface area contributed by atoms with Crippen molar-refractivity contribution in [1.29, 1.82) is 0 Å². The fraction of sp³-hybridized carbons (Fsp3) is 0.542. The van der Waals surface area contributed by atoms with Crippen molar-refractivity contribution in [2.24, 2.45) is 11.8 Å². The Morgan fingerprint density at radius 1 is 0.871 bits per heavy atom. The summed E-state index contributed by atoms with van der Waals surface area (Å²) in [6.07, 6.45) is 7.41. The Morgan fingerprint density at radius 2 is 1.42 bits per heavy atom. The first-order valence-corrected chi connectivity index (χ1v) is 10.8. The summed E-state index contributed by atoms with van der Waals surface area (Å²) in [5, 5.41) is 0. The van der Waals surface area contributed by atoms with Crippen LogP contribution in [0.4, 0.5) is 0 Å². The highest BCUT2D eigenvalue weighted by atomic mass is 16.5. The van der Waals surface area contributed by atoms with Crippen LogP contribution in [0.15, 0.2) is 36.9 Å². The fourth-order valence-corrected chi connectivity index (χ4v) is 3.51. The Morgan fingerprint density at radius 3 is 2.00 bits per heavy atom. The monoisotopic (exact) mass is 432 g/mol. The van der Waals surface area contributed by atoms with Gasteiger partial charge in [-0.15, -0.1) is 0 Å². The molecule has 31 heavy (non-hydrogen) atoms. The lowest BCUT2D eigenvalue weighted by Crippen LogP contribution is -2.29. The average Bonchev–Trinajstić information content (AvgIpc) is 2.81. The minimum absolute atomic E-state index is 0.111. The molecule has 0 heterocycles. The highest BCUT2D eigenvalue weighted by molar-refractivity contribution is 5.81. The molecule has 0 aliphatic heterocycles. The number of esters is 3. The molecular formula is C24H32O7. The standard InChI is InChI=1S/C24H32O7/c1-3-22(25)30-17-7-5-4-6-16-29-20-12-14-21(15-13-20)31-24(27)19-10-8-18(9-11-19)23(26)28-2/h3,12-15,18-19H,1,4-11,16-17H2,2H3. The van der Waals surface area contributed by atoms with Gasteiger partial charge in [-0.3, -0.25) is 9.59 Å². The first-order chi connectivity index (χ1) is 15.0. The van der Waals surface area contributed by atoms with Gasteiger partial charge in [0.1, 0.15) is 11.5 Å². The third-order valence-electron chi connectivity index (χ3n) is 5.36. The predicted molar refractivity (Wildman–Crippen MR) is 115 cm³/mol. The SMILES string of the molecule is C=CC(=O)OCCCCCCOc1ccc(OC(=O)C2CCC(C(=O)OC)CC2)cc1. The maximum absolute atomic E-state index is 12.4. The number of carbonyl (C=O) groups excluding carboxylic acids is 3. The van der Waals surface area contributed by atoms with E-state index < -0.39 is 0 Å². The van der Waals surface area contributed by atoms with E-state index in [1.54, 1.807) is 24.3 Å². The summed E-state index contributed by atoms with van der Waals surface area (Å²) < 4.78 is 20.9. The molecule has 0 aromatic heterocycles. The summed E-state index contributed by atoms with van der Waals surface area (Å²) >= 11 is 0. The molecule has 2 rings (SSSR count). The molecule has 1 aromatic rings. The Hall–Kier alpha value is -2.83. The van der Waals surface area contributed by atoms with Gasteiger partial charge in [0.2, 0.25) is 0 Å². The summed E-state index contributed by atoms with van der Waals surface area (Å²) in [6.45, 7) is 4.36. The van der Waals surface area contributed by atoms with Gasteiger partial charge in [0.15, 0.2) is 0 Å². The van der Waals surface area contributed by atoms with Crippen molar-refractivity contribution < 1.29 is 33.3 Å². The van der Waals surface area contributed by atoms with Gasteiger partial charge in [-0.25, -0.2) is 4.79 Å². The summed E-state index contributed by atoms with van der Waals surface area (Å²) in [5.74, 6) is 0.0767. The second-order valence-electron chi connectivity index (χ2n) is 7.60. The van der Waals surface area contributed by atoms with Crippen molar-refractivity contribution in [2.75, 3.05) is 20.3 Å². The van der Waals surface area contributed by atoms with Gasteiger partial charge in [0.25, 0.3) is 0 Å². The van der Waals surface area contributed by atoms with Crippen LogP contribution in [0, 0.1) is 11.8 Å². The highest BCUT2D eigenvalue weighted by Gasteiger charge is 2.31. The number of hydrogen-bond acceptors (Lipinski definition) is 7.